The van der Waals surface area contributed by atoms with Crippen LogP contribution >= 0.6 is 0 Å². The van der Waals surface area contributed by atoms with Gasteiger partial charge in [0.1, 0.15) is 0 Å². The highest BCUT2D eigenvalue weighted by Gasteiger charge is 2.28. The Labute approximate surface area is 328 Å². The zero-order valence-corrected chi connectivity index (χ0v) is 33.0. The highest BCUT2D eigenvalue weighted by molar-refractivity contribution is 6.45. The molecule has 0 saturated carbocycles. The molecule has 56 heavy (non-hydrogen) atoms. The van der Waals surface area contributed by atoms with Crippen molar-refractivity contribution in [2.24, 2.45) is 0 Å². The molecule has 0 bridgehead atoms. The van der Waals surface area contributed by atoms with Gasteiger partial charge in [-0.1, -0.05) is 193 Å². The fourth-order valence-corrected chi connectivity index (χ4v) is 9.91. The molecule has 0 aliphatic rings. The molecule has 11 aromatic carbocycles. The molecule has 0 unspecified atom stereocenters. The quantitative estimate of drug-likeness (QED) is 0.160. The highest BCUT2D eigenvalue weighted by atomic mass is 14.3. The number of fused-ring (bicyclic) bond motifs is 8. The Hall–Kier alpha value is -6.24. The summed E-state index contributed by atoms with van der Waals surface area (Å²) < 4.78 is 0. The summed E-state index contributed by atoms with van der Waals surface area (Å²) in [5.74, 6) is 0. The summed E-state index contributed by atoms with van der Waals surface area (Å²) in [5.41, 5.74) is 10.5. The predicted octanol–water partition coefficient (Wildman–Crippen LogP) is 16.2. The van der Waals surface area contributed by atoms with Crippen molar-refractivity contribution in [3.8, 4) is 33.4 Å². The molecule has 0 fully saturated rings. The van der Waals surface area contributed by atoms with Crippen molar-refractivity contribution in [3.05, 3.63) is 169 Å². The van der Waals surface area contributed by atoms with Crippen LogP contribution in [0.5, 0.6) is 0 Å². The molecule has 0 aromatic heterocycles. The van der Waals surface area contributed by atoms with E-state index in [1.54, 1.807) is 0 Å². The van der Waals surface area contributed by atoms with Crippen LogP contribution in [0.3, 0.4) is 0 Å². The zero-order chi connectivity index (χ0) is 38.1. The van der Waals surface area contributed by atoms with Crippen LogP contribution in [0.1, 0.15) is 52.7 Å². The molecule has 11 aromatic rings. The van der Waals surface area contributed by atoms with E-state index in [-0.39, 0.29) is 10.8 Å². The maximum atomic E-state index is 2.53. The first kappa shape index (κ1) is 33.1. The third-order valence-corrected chi connectivity index (χ3v) is 12.6. The van der Waals surface area contributed by atoms with Crippen LogP contribution in [0, 0.1) is 0 Å². The van der Waals surface area contributed by atoms with Gasteiger partial charge in [0.05, 0.1) is 0 Å². The third-order valence-electron chi connectivity index (χ3n) is 12.6. The number of hydrogen-bond donors (Lipinski definition) is 0. The lowest BCUT2D eigenvalue weighted by Crippen LogP contribution is -2.16. The van der Waals surface area contributed by atoms with Gasteiger partial charge in [0.15, 0.2) is 0 Å². The average Bonchev–Trinajstić information content (AvgIpc) is 3.71. The summed E-state index contributed by atoms with van der Waals surface area (Å²) in [6.07, 6.45) is 0. The van der Waals surface area contributed by atoms with Crippen molar-refractivity contribution < 1.29 is 0 Å². The van der Waals surface area contributed by atoms with Crippen molar-refractivity contribution in [2.45, 2.75) is 52.4 Å². The standard InChI is InChI=1S/C56H44/c1-55(2,3)36-29-35(30-37(31-36)56(4,5)6)38-27-28-45-50-41(38)23-15-26-44(50)54-49(34-19-11-8-12-20-34)52-43-25-16-24-42-39-21-13-14-22-40(39)46(51(42)43)32-47(52)48(53(45)54)33-17-9-7-10-18-33/h7-32H,1-6H3. The van der Waals surface area contributed by atoms with Gasteiger partial charge < -0.3 is 0 Å². The lowest BCUT2D eigenvalue weighted by atomic mass is 9.78. The first-order valence-corrected chi connectivity index (χ1v) is 20.1. The Bertz CT molecular complexity index is 3300. The molecule has 0 radical (unpaired) electrons. The first-order valence-electron chi connectivity index (χ1n) is 20.1. The van der Waals surface area contributed by atoms with Gasteiger partial charge in [-0.2, -0.15) is 0 Å². The van der Waals surface area contributed by atoms with E-state index >= 15 is 0 Å². The van der Waals surface area contributed by atoms with E-state index in [0.717, 1.165) is 0 Å². The first-order chi connectivity index (χ1) is 27.1. The van der Waals surface area contributed by atoms with E-state index in [9.17, 15) is 0 Å². The summed E-state index contributed by atoms with van der Waals surface area (Å²) in [4.78, 5) is 0. The van der Waals surface area contributed by atoms with Gasteiger partial charge in [-0.3, -0.25) is 0 Å². The normalized spacial score (nSPS) is 12.8. The molecular formula is C56H44. The average molecular weight is 717 g/mol. The maximum absolute atomic E-state index is 2.53. The molecule has 0 saturated heterocycles. The third kappa shape index (κ3) is 4.66. The van der Waals surface area contributed by atoms with Crippen molar-refractivity contribution >= 4 is 75.4 Å². The van der Waals surface area contributed by atoms with Crippen LogP contribution < -0.4 is 0 Å². The molecule has 0 N–H and O–H groups in total. The second-order valence-corrected chi connectivity index (χ2v) is 18.0. The van der Waals surface area contributed by atoms with Gasteiger partial charge in [0, 0.05) is 0 Å². The molecule has 0 aliphatic heterocycles. The molecule has 0 aliphatic carbocycles. The van der Waals surface area contributed by atoms with Gasteiger partial charge in [0.25, 0.3) is 0 Å². The van der Waals surface area contributed by atoms with Gasteiger partial charge in [-0.05, 0) is 137 Å². The van der Waals surface area contributed by atoms with Crippen molar-refractivity contribution in [3.63, 3.8) is 0 Å². The van der Waals surface area contributed by atoms with E-state index in [1.165, 1.54) is 120 Å². The SMILES string of the molecule is CC(C)(C)c1cc(-c2ccc3c4c(-c5ccccc5)c5cc6c7ccccc7c7cccc(c5c(-c5ccccc5)c4c4cccc2c34)c76)cc(C(C)(C)C)c1. The van der Waals surface area contributed by atoms with Crippen LogP contribution in [0.15, 0.2) is 158 Å². The van der Waals surface area contributed by atoms with Crippen molar-refractivity contribution in [1.82, 2.24) is 0 Å². The summed E-state index contributed by atoms with van der Waals surface area (Å²) >= 11 is 0. The molecule has 0 amide bonds. The Morgan fingerprint density at radius 3 is 1.36 bits per heavy atom. The Balaban J connectivity index is 1.39. The second kappa shape index (κ2) is 11.6. The molecule has 0 atom stereocenters. The molecule has 0 heterocycles. The highest BCUT2D eigenvalue weighted by Crippen LogP contribution is 2.55. The maximum Gasteiger partial charge on any atom is -0.000719 e. The van der Waals surface area contributed by atoms with Crippen LogP contribution in [0.25, 0.3) is 109 Å². The number of rotatable bonds is 3. The molecule has 0 heteroatoms. The predicted molar refractivity (Wildman–Crippen MR) is 245 cm³/mol. The smallest absolute Gasteiger partial charge is 0.000719 e. The largest absolute Gasteiger partial charge is 0.0622 e. The second-order valence-electron chi connectivity index (χ2n) is 18.0. The summed E-state index contributed by atoms with van der Waals surface area (Å²) in [6, 6.07) is 60.0. The monoisotopic (exact) mass is 716 g/mol. The Kier molecular flexibility index (Phi) is 6.88. The van der Waals surface area contributed by atoms with E-state index in [2.05, 4.69) is 199 Å². The fraction of sp³-hybridized carbons (Fsp3) is 0.143. The molecule has 0 spiro atoms. The minimum absolute atomic E-state index is 0.0287. The fourth-order valence-electron chi connectivity index (χ4n) is 9.91. The summed E-state index contributed by atoms with van der Waals surface area (Å²) in [7, 11) is 0. The topological polar surface area (TPSA) is 0 Å². The Morgan fingerprint density at radius 1 is 0.268 bits per heavy atom. The van der Waals surface area contributed by atoms with Crippen LogP contribution in [-0.4, -0.2) is 0 Å². The van der Waals surface area contributed by atoms with Gasteiger partial charge >= 0.3 is 0 Å². The van der Waals surface area contributed by atoms with Crippen LogP contribution in [0.2, 0.25) is 0 Å². The lowest BCUT2D eigenvalue weighted by Gasteiger charge is -2.26. The van der Waals surface area contributed by atoms with E-state index in [4.69, 9.17) is 0 Å². The molecule has 11 rings (SSSR count). The Morgan fingerprint density at radius 2 is 0.732 bits per heavy atom. The van der Waals surface area contributed by atoms with Gasteiger partial charge in [0.2, 0.25) is 0 Å². The molecule has 268 valence electrons. The lowest BCUT2D eigenvalue weighted by molar-refractivity contribution is 0.569. The minimum atomic E-state index is 0.0287. The van der Waals surface area contributed by atoms with E-state index < -0.39 is 0 Å². The zero-order valence-electron chi connectivity index (χ0n) is 33.0. The van der Waals surface area contributed by atoms with Crippen molar-refractivity contribution in [2.75, 3.05) is 0 Å². The minimum Gasteiger partial charge on any atom is -0.0622 e. The van der Waals surface area contributed by atoms with Crippen LogP contribution in [0.4, 0.5) is 0 Å². The van der Waals surface area contributed by atoms with E-state index in [0.29, 0.717) is 0 Å². The van der Waals surface area contributed by atoms with Gasteiger partial charge in [-0.15, -0.1) is 0 Å². The molecule has 0 nitrogen and oxygen atoms in total. The number of benzene rings is 9. The summed E-state index contributed by atoms with van der Waals surface area (Å²) in [5, 5.41) is 18.6. The summed E-state index contributed by atoms with van der Waals surface area (Å²) in [6.45, 7) is 14.0. The number of hydrogen-bond acceptors (Lipinski definition) is 0. The van der Waals surface area contributed by atoms with Crippen LogP contribution in [-0.2, 0) is 10.8 Å². The van der Waals surface area contributed by atoms with E-state index in [1.807, 2.05) is 0 Å². The van der Waals surface area contributed by atoms with Gasteiger partial charge in [-0.25, -0.2) is 0 Å². The van der Waals surface area contributed by atoms with Crippen molar-refractivity contribution in [1.29, 1.82) is 0 Å². The molecular weight excluding hydrogens is 673 g/mol.